The Bertz CT molecular complexity index is 448. The van der Waals surface area contributed by atoms with E-state index in [0.29, 0.717) is 40.7 Å². The molecule has 99 valence electrons. The minimum atomic E-state index is -1.36. The molecule has 0 aromatic heterocycles. The fraction of sp³-hybridized carbons (Fsp3) is 0.333. The number of benzene rings is 1. The summed E-state index contributed by atoms with van der Waals surface area (Å²) < 4.78 is 5.53. The normalized spacial score (nSPS) is 11.8. The Morgan fingerprint density at radius 1 is 1.37 bits per heavy atom. The van der Waals surface area contributed by atoms with E-state index in [0.717, 1.165) is 0 Å². The topological polar surface area (TPSA) is 87.1 Å². The number of carbonyl (C=O) groups is 2. The maximum absolute atomic E-state index is 12.0. The van der Waals surface area contributed by atoms with Crippen LogP contribution in [0.4, 0.5) is 4.79 Å². The van der Waals surface area contributed by atoms with Crippen LogP contribution in [0, 0.1) is 0 Å². The van der Waals surface area contributed by atoms with Crippen molar-refractivity contribution in [2.24, 2.45) is 0 Å². The van der Waals surface area contributed by atoms with Gasteiger partial charge in [-0.2, -0.15) is 0 Å². The number of hydrogen-bond acceptors (Lipinski definition) is 4. The van der Waals surface area contributed by atoms with Crippen LogP contribution < -0.4 is 4.74 Å². The summed E-state index contributed by atoms with van der Waals surface area (Å²) in [6, 6.07) is 6.15. The Morgan fingerprint density at radius 3 is 2.37 bits per heavy atom. The maximum atomic E-state index is 12.0. The van der Waals surface area contributed by atoms with Gasteiger partial charge in [0.05, 0.1) is 0 Å². The van der Waals surface area contributed by atoms with Gasteiger partial charge in [0.25, 0.3) is 0 Å². The van der Waals surface area contributed by atoms with Gasteiger partial charge in [-0.3, -0.25) is 0 Å². The number of aliphatic hydroxyl groups excluding tert-OH is 1. The first kappa shape index (κ1) is 15.9. The van der Waals surface area contributed by atoms with E-state index in [1.165, 1.54) is 19.2 Å². The van der Waals surface area contributed by atoms with Crippen molar-refractivity contribution >= 4 is 12.0 Å². The predicted octanol–water partition coefficient (Wildman–Crippen LogP) is 1.14. The average Bonchev–Trinajstić information content (AvgIpc) is 2.43. The Kier molecular flexibility index (Phi) is 6.24. The van der Waals surface area contributed by atoms with Crippen LogP contribution in [0.1, 0.15) is 10.4 Å². The van der Waals surface area contributed by atoms with Crippen LogP contribution in [0.3, 0.4) is 0 Å². The molecule has 0 radical (unpaired) electrons. The van der Waals surface area contributed by atoms with E-state index in [1.807, 2.05) is 0 Å². The summed E-state index contributed by atoms with van der Waals surface area (Å²) in [5.74, 6) is -0.0589. The molecule has 0 fully saturated rings. The molecule has 7 heteroatoms. The number of carbonyl (C=O) groups excluding carboxylic acids is 1. The molecule has 2 N–H and O–H groups in total. The first-order valence-corrected chi connectivity index (χ1v) is 9.54. The molecule has 1 aromatic rings. The molecule has 0 spiro atoms. The van der Waals surface area contributed by atoms with Gasteiger partial charge in [0.2, 0.25) is 0 Å². The summed E-state index contributed by atoms with van der Waals surface area (Å²) >= 11 is 0.354. The Balaban J connectivity index is 2.89. The van der Waals surface area contributed by atoms with E-state index in [-0.39, 0.29) is 12.1 Å². The zero-order valence-electron chi connectivity index (χ0n) is 10.6. The molecule has 1 atom stereocenters. The average molecular weight is 453 g/mol. The summed E-state index contributed by atoms with van der Waals surface area (Å²) in [6.45, 7) is -0.191. The zero-order chi connectivity index (χ0) is 14.4. The molecular weight excluding hydrogens is 439 g/mol. The number of amides is 2. The van der Waals surface area contributed by atoms with Crippen LogP contribution >= 0.6 is 0 Å². The molecule has 1 aromatic carbocycles. The third-order valence-corrected chi connectivity index (χ3v) is 5.13. The van der Waals surface area contributed by atoms with Gasteiger partial charge < -0.3 is 0 Å². The van der Waals surface area contributed by atoms with Crippen LogP contribution in [0.2, 0.25) is 3.93 Å². The van der Waals surface area contributed by atoms with Crippen molar-refractivity contribution < 1.29 is 50.7 Å². The molecule has 0 aliphatic heterocycles. The second-order valence-electron chi connectivity index (χ2n) is 3.87. The van der Waals surface area contributed by atoms with Gasteiger partial charge in [0.1, 0.15) is 0 Å². The SMILES string of the molecule is COc1ccc(C(=O)N(CC(O)[CH2][Hg])C(=O)O)cc1. The quantitative estimate of drug-likeness (QED) is 0.654. The van der Waals surface area contributed by atoms with Gasteiger partial charge in [-0.15, -0.1) is 0 Å². The number of nitrogens with zero attached hydrogens (tertiary/aromatic N) is 1. The standard InChI is InChI=1S/C12H14NO5.Hg/c1-8(14)7-13(12(16)17)11(15)9-3-5-10(18-2)6-4-9;/h3-6,8,14H,1,7H2,2H3,(H,16,17);. The second kappa shape index (κ2) is 7.45. The van der Waals surface area contributed by atoms with E-state index < -0.39 is 18.1 Å². The van der Waals surface area contributed by atoms with Gasteiger partial charge in [-0.1, -0.05) is 0 Å². The van der Waals surface area contributed by atoms with Crippen molar-refractivity contribution in [1.82, 2.24) is 4.90 Å². The Morgan fingerprint density at radius 2 is 1.95 bits per heavy atom. The Labute approximate surface area is 126 Å². The number of aliphatic hydroxyl groups is 1. The minimum absolute atomic E-state index is 0.191. The first-order chi connectivity index (χ1) is 8.99. The molecule has 19 heavy (non-hydrogen) atoms. The molecule has 1 rings (SSSR count). The van der Waals surface area contributed by atoms with E-state index in [2.05, 4.69) is 0 Å². The summed E-state index contributed by atoms with van der Waals surface area (Å²) in [4.78, 5) is 23.8. The monoisotopic (exact) mass is 454 g/mol. The first-order valence-electron chi connectivity index (χ1n) is 5.65. The third kappa shape index (κ3) is 4.47. The molecule has 0 aliphatic rings. The summed E-state index contributed by atoms with van der Waals surface area (Å²) in [5, 5.41) is 18.6. The van der Waals surface area contributed by atoms with Crippen LogP contribution in [-0.2, 0) is 26.1 Å². The second-order valence-corrected chi connectivity index (χ2v) is 6.11. The van der Waals surface area contributed by atoms with Gasteiger partial charge in [-0.05, 0) is 0 Å². The molecule has 1 unspecified atom stereocenters. The van der Waals surface area contributed by atoms with Crippen LogP contribution in [0.25, 0.3) is 0 Å². The molecule has 2 amide bonds. The molecule has 0 heterocycles. The summed E-state index contributed by atoms with van der Waals surface area (Å²) in [7, 11) is 1.50. The van der Waals surface area contributed by atoms with Gasteiger partial charge in [0, 0.05) is 0 Å². The molecule has 0 bridgehead atoms. The summed E-state index contributed by atoms with van der Waals surface area (Å²) in [6.07, 6.45) is -2.14. The molecule has 0 saturated heterocycles. The van der Waals surface area contributed by atoms with Crippen molar-refractivity contribution in [3.8, 4) is 5.75 Å². The Hall–Kier alpha value is -1.14. The molecule has 6 nitrogen and oxygen atoms in total. The van der Waals surface area contributed by atoms with E-state index >= 15 is 0 Å². The van der Waals surface area contributed by atoms with E-state index in [9.17, 15) is 14.7 Å². The number of ether oxygens (including phenoxy) is 1. The van der Waals surface area contributed by atoms with Gasteiger partial charge in [-0.25, -0.2) is 0 Å². The van der Waals surface area contributed by atoms with Gasteiger partial charge >= 0.3 is 127 Å². The summed E-state index contributed by atoms with van der Waals surface area (Å²) in [5.41, 5.74) is 0.244. The predicted molar refractivity (Wildman–Crippen MR) is 62.9 cm³/mol. The van der Waals surface area contributed by atoms with E-state index in [1.54, 1.807) is 12.1 Å². The third-order valence-electron chi connectivity index (χ3n) is 2.54. The number of hydrogen-bond donors (Lipinski definition) is 2. The van der Waals surface area contributed by atoms with E-state index in [4.69, 9.17) is 9.84 Å². The number of imide groups is 1. The van der Waals surface area contributed by atoms with Crippen molar-refractivity contribution in [3.05, 3.63) is 29.8 Å². The molecule has 0 saturated carbocycles. The molecular formula is C12H14HgNO5. The number of carboxylic acid groups (broad SMARTS) is 1. The molecule has 0 aliphatic carbocycles. The van der Waals surface area contributed by atoms with Crippen molar-refractivity contribution in [2.75, 3.05) is 13.7 Å². The van der Waals surface area contributed by atoms with Gasteiger partial charge in [0.15, 0.2) is 0 Å². The van der Waals surface area contributed by atoms with Crippen LogP contribution in [0.5, 0.6) is 5.75 Å². The number of rotatable bonds is 5. The number of methoxy groups -OCH3 is 1. The fourth-order valence-electron chi connectivity index (χ4n) is 1.44. The van der Waals surface area contributed by atoms with Crippen molar-refractivity contribution in [1.29, 1.82) is 0 Å². The van der Waals surface area contributed by atoms with Crippen LogP contribution in [0.15, 0.2) is 24.3 Å². The van der Waals surface area contributed by atoms with Crippen LogP contribution in [-0.4, -0.2) is 46.9 Å². The van der Waals surface area contributed by atoms with Crippen molar-refractivity contribution in [3.63, 3.8) is 0 Å². The van der Waals surface area contributed by atoms with Crippen molar-refractivity contribution in [2.45, 2.75) is 10.0 Å². The fourth-order valence-corrected chi connectivity index (χ4v) is 2.15. The zero-order valence-corrected chi connectivity index (χ0v) is 16.1.